The van der Waals surface area contributed by atoms with Crippen molar-refractivity contribution in [1.29, 1.82) is 0 Å². The van der Waals surface area contributed by atoms with Gasteiger partial charge < -0.3 is 10.6 Å². The minimum Gasteiger partial charge on any atom is -0.337 e. The van der Waals surface area contributed by atoms with E-state index in [-0.39, 0.29) is 11.9 Å². The molecule has 1 saturated heterocycles. The lowest BCUT2D eigenvalue weighted by atomic mass is 10.0. The van der Waals surface area contributed by atoms with Crippen molar-refractivity contribution in [2.75, 3.05) is 13.1 Å². The Hall–Kier alpha value is -1.06. The number of carbonyl (C=O) groups excluding carboxylic acids is 1. The first-order valence-electron chi connectivity index (χ1n) is 5.89. The Kier molecular flexibility index (Phi) is 3.69. The fraction of sp³-hybridized carbons (Fsp3) is 0.462. The van der Waals surface area contributed by atoms with Gasteiger partial charge in [0.2, 0.25) is 0 Å². The number of piperidine rings is 1. The highest BCUT2D eigenvalue weighted by molar-refractivity contribution is 6.31. The van der Waals surface area contributed by atoms with Crippen LogP contribution in [-0.2, 0) is 0 Å². The molecule has 0 unspecified atom stereocenters. The Labute approximate surface area is 107 Å². The average molecular weight is 253 g/mol. The largest absolute Gasteiger partial charge is 0.337 e. The number of carbonyl (C=O) groups is 1. The van der Waals surface area contributed by atoms with E-state index in [2.05, 4.69) is 0 Å². The van der Waals surface area contributed by atoms with Gasteiger partial charge in [-0.15, -0.1) is 0 Å². The zero-order chi connectivity index (χ0) is 12.4. The van der Waals surface area contributed by atoms with Crippen LogP contribution in [-0.4, -0.2) is 29.9 Å². The highest BCUT2D eigenvalue weighted by Gasteiger charge is 2.22. The maximum atomic E-state index is 12.2. The summed E-state index contributed by atoms with van der Waals surface area (Å²) in [6.45, 7) is 3.36. The van der Waals surface area contributed by atoms with Gasteiger partial charge in [0.25, 0.3) is 5.91 Å². The Morgan fingerprint density at radius 2 is 2.29 bits per heavy atom. The van der Waals surface area contributed by atoms with Crippen molar-refractivity contribution in [3.05, 3.63) is 34.3 Å². The first kappa shape index (κ1) is 12.4. The van der Waals surface area contributed by atoms with E-state index < -0.39 is 0 Å². The summed E-state index contributed by atoms with van der Waals surface area (Å²) in [4.78, 5) is 14.0. The molecular weight excluding hydrogens is 236 g/mol. The number of hydrogen-bond donors (Lipinski definition) is 1. The van der Waals surface area contributed by atoms with Gasteiger partial charge in [0.15, 0.2) is 0 Å². The maximum absolute atomic E-state index is 12.2. The fourth-order valence-corrected chi connectivity index (χ4v) is 2.28. The van der Waals surface area contributed by atoms with Gasteiger partial charge in [-0.2, -0.15) is 0 Å². The summed E-state index contributed by atoms with van der Waals surface area (Å²) in [7, 11) is 0. The van der Waals surface area contributed by atoms with Crippen LogP contribution in [0.5, 0.6) is 0 Å². The van der Waals surface area contributed by atoms with Crippen LogP contribution >= 0.6 is 11.6 Å². The quantitative estimate of drug-likeness (QED) is 0.833. The van der Waals surface area contributed by atoms with Crippen LogP contribution < -0.4 is 5.73 Å². The van der Waals surface area contributed by atoms with Gasteiger partial charge in [0.1, 0.15) is 0 Å². The Morgan fingerprint density at radius 3 is 2.94 bits per heavy atom. The normalized spacial score (nSPS) is 20.4. The summed E-state index contributed by atoms with van der Waals surface area (Å²) in [6.07, 6.45) is 1.98. The molecule has 1 amide bonds. The Morgan fingerprint density at radius 1 is 1.53 bits per heavy atom. The molecule has 2 rings (SSSR count). The Bertz CT molecular complexity index is 433. The standard InChI is InChI=1S/C13H17ClN2O/c1-9-4-5-10(7-12(9)14)13(17)16-6-2-3-11(15)8-16/h4-5,7,11H,2-3,6,8,15H2,1H3/t11-/m1/s1. The molecule has 1 aromatic carbocycles. The van der Waals surface area contributed by atoms with E-state index >= 15 is 0 Å². The molecule has 1 fully saturated rings. The van der Waals surface area contributed by atoms with Gasteiger partial charge in [-0.3, -0.25) is 4.79 Å². The first-order chi connectivity index (χ1) is 8.08. The zero-order valence-corrected chi connectivity index (χ0v) is 10.7. The van der Waals surface area contributed by atoms with Gasteiger partial charge in [-0.05, 0) is 37.5 Å². The van der Waals surface area contributed by atoms with Gasteiger partial charge >= 0.3 is 0 Å². The van der Waals surface area contributed by atoms with E-state index in [0.717, 1.165) is 24.9 Å². The van der Waals surface area contributed by atoms with Crippen LogP contribution in [0.2, 0.25) is 5.02 Å². The van der Waals surface area contributed by atoms with E-state index in [0.29, 0.717) is 17.1 Å². The van der Waals surface area contributed by atoms with Crippen molar-refractivity contribution < 1.29 is 4.79 Å². The topological polar surface area (TPSA) is 46.3 Å². The molecule has 3 nitrogen and oxygen atoms in total. The lowest BCUT2D eigenvalue weighted by Gasteiger charge is -2.30. The van der Waals surface area contributed by atoms with E-state index in [1.54, 1.807) is 6.07 Å². The molecule has 1 aliphatic rings. The SMILES string of the molecule is Cc1ccc(C(=O)N2CCC[C@@H](N)C2)cc1Cl. The Balaban J connectivity index is 2.15. The second kappa shape index (κ2) is 5.07. The second-order valence-electron chi connectivity index (χ2n) is 4.62. The van der Waals surface area contributed by atoms with E-state index in [9.17, 15) is 4.79 Å². The molecular formula is C13H17ClN2O. The highest BCUT2D eigenvalue weighted by atomic mass is 35.5. The minimum absolute atomic E-state index is 0.0297. The summed E-state index contributed by atoms with van der Waals surface area (Å²) in [5.74, 6) is 0.0297. The van der Waals surface area contributed by atoms with Crippen LogP contribution in [0.1, 0.15) is 28.8 Å². The van der Waals surface area contributed by atoms with Crippen LogP contribution in [0, 0.1) is 6.92 Å². The second-order valence-corrected chi connectivity index (χ2v) is 5.02. The first-order valence-corrected chi connectivity index (χ1v) is 6.26. The summed E-state index contributed by atoms with van der Waals surface area (Å²) < 4.78 is 0. The molecule has 92 valence electrons. The smallest absolute Gasteiger partial charge is 0.253 e. The highest BCUT2D eigenvalue weighted by Crippen LogP contribution is 2.19. The molecule has 0 aromatic heterocycles. The molecule has 1 aromatic rings. The lowest BCUT2D eigenvalue weighted by Crippen LogP contribution is -2.45. The number of hydrogen-bond acceptors (Lipinski definition) is 2. The molecule has 1 atom stereocenters. The third-order valence-electron chi connectivity index (χ3n) is 3.16. The summed E-state index contributed by atoms with van der Waals surface area (Å²) in [5, 5.41) is 0.636. The molecule has 17 heavy (non-hydrogen) atoms. The number of nitrogens with two attached hydrogens (primary N) is 1. The van der Waals surface area contributed by atoms with Crippen molar-refractivity contribution in [3.8, 4) is 0 Å². The molecule has 0 spiro atoms. The number of nitrogens with zero attached hydrogens (tertiary/aromatic N) is 1. The molecule has 0 aliphatic carbocycles. The van der Waals surface area contributed by atoms with Gasteiger partial charge in [-0.25, -0.2) is 0 Å². The molecule has 1 heterocycles. The predicted molar refractivity (Wildman–Crippen MR) is 69.3 cm³/mol. The molecule has 0 radical (unpaired) electrons. The molecule has 0 saturated carbocycles. The third-order valence-corrected chi connectivity index (χ3v) is 3.57. The van der Waals surface area contributed by atoms with Gasteiger partial charge in [-0.1, -0.05) is 17.7 Å². The molecule has 0 bridgehead atoms. The van der Waals surface area contributed by atoms with Crippen LogP contribution in [0.4, 0.5) is 0 Å². The summed E-state index contributed by atoms with van der Waals surface area (Å²) in [6, 6.07) is 5.54. The minimum atomic E-state index is 0.0297. The van der Waals surface area contributed by atoms with Crippen molar-refractivity contribution in [3.63, 3.8) is 0 Å². The fourth-order valence-electron chi connectivity index (χ4n) is 2.10. The number of rotatable bonds is 1. The zero-order valence-electron chi connectivity index (χ0n) is 9.95. The van der Waals surface area contributed by atoms with Crippen molar-refractivity contribution in [2.24, 2.45) is 5.73 Å². The van der Waals surface area contributed by atoms with Crippen molar-refractivity contribution >= 4 is 17.5 Å². The summed E-state index contributed by atoms with van der Waals surface area (Å²) in [5.41, 5.74) is 7.51. The number of benzene rings is 1. The predicted octanol–water partition coefficient (Wildman–Crippen LogP) is 2.21. The number of likely N-dealkylation sites (tertiary alicyclic amines) is 1. The average Bonchev–Trinajstić information content (AvgIpc) is 2.32. The van der Waals surface area contributed by atoms with Crippen molar-refractivity contribution in [1.82, 2.24) is 4.90 Å². The monoisotopic (exact) mass is 252 g/mol. The van der Waals surface area contributed by atoms with Crippen LogP contribution in [0.3, 0.4) is 0 Å². The molecule has 2 N–H and O–H groups in total. The van der Waals surface area contributed by atoms with Gasteiger partial charge in [0.05, 0.1) is 0 Å². The number of aryl methyl sites for hydroxylation is 1. The van der Waals surface area contributed by atoms with E-state index in [4.69, 9.17) is 17.3 Å². The number of amides is 1. The van der Waals surface area contributed by atoms with Crippen molar-refractivity contribution in [2.45, 2.75) is 25.8 Å². The van der Waals surface area contributed by atoms with E-state index in [1.807, 2.05) is 24.0 Å². The third kappa shape index (κ3) is 2.79. The summed E-state index contributed by atoms with van der Waals surface area (Å²) >= 11 is 6.03. The van der Waals surface area contributed by atoms with Gasteiger partial charge in [0, 0.05) is 29.7 Å². The maximum Gasteiger partial charge on any atom is 0.253 e. The molecule has 1 aliphatic heterocycles. The number of halogens is 1. The van der Waals surface area contributed by atoms with Crippen LogP contribution in [0.25, 0.3) is 0 Å². The molecule has 4 heteroatoms. The van der Waals surface area contributed by atoms with Crippen LogP contribution in [0.15, 0.2) is 18.2 Å². The van der Waals surface area contributed by atoms with E-state index in [1.165, 1.54) is 0 Å². The lowest BCUT2D eigenvalue weighted by molar-refractivity contribution is 0.0709.